The number of imidazole rings is 1. The highest BCUT2D eigenvalue weighted by Gasteiger charge is 2.35. The van der Waals surface area contributed by atoms with E-state index in [-0.39, 0.29) is 28.7 Å². The number of rotatable bonds is 8. The van der Waals surface area contributed by atoms with E-state index in [9.17, 15) is 23.7 Å². The lowest BCUT2D eigenvalue weighted by Crippen LogP contribution is -2.19. The number of ether oxygens (including phenoxy) is 1. The molecule has 0 fully saturated rings. The van der Waals surface area contributed by atoms with Gasteiger partial charge >= 0.3 is 5.97 Å². The topological polar surface area (TPSA) is 87.3 Å². The minimum absolute atomic E-state index is 0.0793. The molecule has 0 N–H and O–H groups in total. The van der Waals surface area contributed by atoms with Crippen LogP contribution in [0.4, 0.5) is 8.78 Å². The molecule has 2 heterocycles. The van der Waals surface area contributed by atoms with Gasteiger partial charge in [-0.05, 0) is 6.92 Å². The van der Waals surface area contributed by atoms with E-state index in [1.165, 1.54) is 27.9 Å². The summed E-state index contributed by atoms with van der Waals surface area (Å²) >= 11 is -1.20. The van der Waals surface area contributed by atoms with Crippen molar-refractivity contribution in [3.8, 4) is 0 Å². The number of carbonyl (C=O) groups excluding carboxylic acids is 1. The van der Waals surface area contributed by atoms with E-state index < -0.39 is 49.7 Å². The summed E-state index contributed by atoms with van der Waals surface area (Å²) in [6, 6.07) is 0. The van der Waals surface area contributed by atoms with Crippen molar-refractivity contribution < 1.29 is 23.2 Å². The summed E-state index contributed by atoms with van der Waals surface area (Å²) in [7, 11) is 0. The number of allylic oxidation sites excluding steroid dienone is 3. The second-order valence-electron chi connectivity index (χ2n) is 5.31. The van der Waals surface area contributed by atoms with Crippen LogP contribution in [0, 0.1) is 10.1 Å². The smallest absolute Gasteiger partial charge is 0.306 e. The van der Waals surface area contributed by atoms with Crippen LogP contribution in [-0.4, -0.2) is 37.0 Å². The molecule has 0 amide bonds. The largest absolute Gasteiger partial charge is 0.466 e. The monoisotopic (exact) mass is 481 g/mol. The first kappa shape index (κ1) is 20.3. The Labute approximate surface area is 158 Å². The molecule has 26 heavy (non-hydrogen) atoms. The standard InChI is InChI=1S/C16H18F2IN3O4/c1-3-16(17,18)13-9-11(22(24)25)12(10-19-13)21-8-7-20-14(21)5-6-15(23)26-4-2/h7-10H,3-6H2,1-2H3. The lowest BCUT2D eigenvalue weighted by Gasteiger charge is -2.18. The predicted molar refractivity (Wildman–Crippen MR) is 101 cm³/mol. The number of aryl methyl sites for hydroxylation is 1. The van der Waals surface area contributed by atoms with Crippen molar-refractivity contribution >= 4 is 36.4 Å². The van der Waals surface area contributed by atoms with Crippen LogP contribution in [0.25, 0.3) is 5.70 Å². The van der Waals surface area contributed by atoms with Gasteiger partial charge in [-0.15, -0.1) is 0 Å². The fraction of sp³-hybridized carbons (Fsp3) is 0.438. The van der Waals surface area contributed by atoms with Crippen molar-refractivity contribution in [2.45, 2.75) is 39.0 Å². The van der Waals surface area contributed by atoms with Crippen LogP contribution in [0.2, 0.25) is 0 Å². The molecule has 0 atom stereocenters. The fourth-order valence-electron chi connectivity index (χ4n) is 2.25. The van der Waals surface area contributed by atoms with E-state index >= 15 is 0 Å². The summed E-state index contributed by atoms with van der Waals surface area (Å²) in [6.07, 6.45) is 3.88. The molecule has 0 saturated carbocycles. The molecule has 0 aliphatic carbocycles. The van der Waals surface area contributed by atoms with Crippen LogP contribution in [0.3, 0.4) is 0 Å². The second-order valence-corrected chi connectivity index (χ2v) is 7.72. The Morgan fingerprint density at radius 1 is 1.46 bits per heavy atom. The molecular formula is C16H18F2IN3O4. The number of hydrogen-bond acceptors (Lipinski definition) is 5. The van der Waals surface area contributed by atoms with Gasteiger partial charge in [-0.1, -0.05) is 27.7 Å². The highest BCUT2D eigenvalue weighted by atomic mass is 127. The summed E-state index contributed by atoms with van der Waals surface area (Å²) in [5.74, 6) is -3.00. The third-order valence-corrected chi connectivity index (χ3v) is 6.30. The zero-order valence-corrected chi connectivity index (χ0v) is 16.4. The van der Waals surface area contributed by atoms with Gasteiger partial charge in [-0.2, -0.15) is 0 Å². The number of alkyl halides is 2. The minimum atomic E-state index is -3.04. The summed E-state index contributed by atoms with van der Waals surface area (Å²) < 4.78 is 35.5. The molecule has 1 aromatic heterocycles. The Morgan fingerprint density at radius 3 is 2.81 bits per heavy atom. The second kappa shape index (κ2) is 8.60. The van der Waals surface area contributed by atoms with Gasteiger partial charge in [0, 0.05) is 35.3 Å². The number of esters is 1. The van der Waals surface area contributed by atoms with Crippen molar-refractivity contribution in [1.29, 1.82) is 0 Å². The lowest BCUT2D eigenvalue weighted by atomic mass is 10.2. The van der Waals surface area contributed by atoms with Crippen LogP contribution in [0.15, 0.2) is 27.7 Å². The maximum Gasteiger partial charge on any atom is 0.306 e. The van der Waals surface area contributed by atoms with Gasteiger partial charge in [0.1, 0.15) is 11.5 Å². The van der Waals surface area contributed by atoms with Gasteiger partial charge in [-0.25, -0.2) is 13.8 Å². The number of nitrogens with zero attached hydrogens (tertiary/aromatic N) is 3. The molecule has 0 aromatic carbocycles. The van der Waals surface area contributed by atoms with Gasteiger partial charge in [0.2, 0.25) is 0 Å². The molecule has 142 valence electrons. The zero-order chi connectivity index (χ0) is 19.3. The fourth-order valence-corrected chi connectivity index (χ4v) is 4.82. The first-order valence-corrected chi connectivity index (χ1v) is 10.3. The van der Waals surface area contributed by atoms with Crippen LogP contribution in [0.1, 0.15) is 32.5 Å². The molecule has 7 nitrogen and oxygen atoms in total. The summed E-state index contributed by atoms with van der Waals surface area (Å²) in [4.78, 5) is 26.4. The Balaban J connectivity index is 2.37. The summed E-state index contributed by atoms with van der Waals surface area (Å²) in [6.45, 7) is 3.31. The van der Waals surface area contributed by atoms with Gasteiger partial charge in [0.25, 0.3) is 11.6 Å². The molecule has 0 spiro atoms. The molecule has 2 rings (SSSR count). The molecule has 0 bridgehead atoms. The van der Waals surface area contributed by atoms with Crippen LogP contribution in [0.5, 0.6) is 0 Å². The average Bonchev–Trinajstić information content (AvgIpc) is 3.08. The Hall–Kier alpha value is -1.98. The van der Waals surface area contributed by atoms with E-state index in [4.69, 9.17) is 4.74 Å². The Kier molecular flexibility index (Phi) is 6.73. The molecular weight excluding hydrogens is 463 g/mol. The SMILES string of the molecule is CCOC(=O)CCc1nccn1C1=C([N+](=O)[O-])C=C(C(F)(F)CC)I=C1. The highest BCUT2D eigenvalue weighted by Crippen LogP contribution is 2.40. The van der Waals surface area contributed by atoms with E-state index in [0.717, 1.165) is 6.08 Å². The van der Waals surface area contributed by atoms with E-state index in [0.29, 0.717) is 5.82 Å². The van der Waals surface area contributed by atoms with Crippen molar-refractivity contribution in [3.63, 3.8) is 0 Å². The summed E-state index contributed by atoms with van der Waals surface area (Å²) in [5, 5.41) is 11.4. The number of nitro groups is 1. The minimum Gasteiger partial charge on any atom is -0.466 e. The first-order valence-electron chi connectivity index (χ1n) is 7.93. The molecule has 1 aliphatic rings. The summed E-state index contributed by atoms with van der Waals surface area (Å²) in [5.41, 5.74) is -0.177. The van der Waals surface area contributed by atoms with Crippen LogP contribution < -0.4 is 0 Å². The third-order valence-electron chi connectivity index (χ3n) is 3.63. The lowest BCUT2D eigenvalue weighted by molar-refractivity contribution is -0.418. The quantitative estimate of drug-likeness (QED) is 0.246. The van der Waals surface area contributed by atoms with Crippen molar-refractivity contribution in [2.75, 3.05) is 6.61 Å². The van der Waals surface area contributed by atoms with Crippen molar-refractivity contribution in [1.82, 2.24) is 9.55 Å². The number of carbonyl (C=O) groups is 1. The number of aromatic nitrogens is 2. The molecule has 10 heteroatoms. The predicted octanol–water partition coefficient (Wildman–Crippen LogP) is 3.54. The molecule has 1 aromatic rings. The average molecular weight is 481 g/mol. The molecule has 0 unspecified atom stereocenters. The van der Waals surface area contributed by atoms with E-state index in [2.05, 4.69) is 4.98 Å². The van der Waals surface area contributed by atoms with Crippen molar-refractivity contribution in [3.05, 3.63) is 43.7 Å². The maximum atomic E-state index is 13.9. The van der Waals surface area contributed by atoms with Crippen LogP contribution in [-0.2, 0) is 16.0 Å². The first-order chi connectivity index (χ1) is 12.3. The molecule has 1 aliphatic heterocycles. The highest BCUT2D eigenvalue weighted by molar-refractivity contribution is 14.2. The molecule has 0 saturated heterocycles. The van der Waals surface area contributed by atoms with Crippen molar-refractivity contribution in [2.24, 2.45) is 0 Å². The molecule has 0 radical (unpaired) electrons. The Bertz CT molecular complexity index is 799. The van der Waals surface area contributed by atoms with Gasteiger partial charge in [-0.3, -0.25) is 19.5 Å². The van der Waals surface area contributed by atoms with Gasteiger partial charge in [0.15, 0.2) is 0 Å². The zero-order valence-electron chi connectivity index (χ0n) is 14.2. The van der Waals surface area contributed by atoms with E-state index in [1.807, 2.05) is 0 Å². The van der Waals surface area contributed by atoms with Gasteiger partial charge in [0.05, 0.1) is 21.5 Å². The normalized spacial score (nSPS) is 14.7. The number of hydrogen-bond donors (Lipinski definition) is 0. The van der Waals surface area contributed by atoms with E-state index in [1.54, 1.807) is 6.92 Å². The van der Waals surface area contributed by atoms with Crippen LogP contribution >= 0.6 is 20.7 Å². The maximum absolute atomic E-state index is 13.9. The Morgan fingerprint density at radius 2 is 2.19 bits per heavy atom. The number of halogens is 3. The van der Waals surface area contributed by atoms with Gasteiger partial charge < -0.3 is 4.74 Å². The third kappa shape index (κ3) is 4.59.